The summed E-state index contributed by atoms with van der Waals surface area (Å²) in [5.41, 5.74) is -0.152. The number of rotatable bonds is 9. The van der Waals surface area contributed by atoms with E-state index in [2.05, 4.69) is 30.9 Å². The average molecular weight is 410 g/mol. The second kappa shape index (κ2) is 11.2. The van der Waals surface area contributed by atoms with Gasteiger partial charge in [0.05, 0.1) is 6.10 Å². The zero-order valence-electron chi connectivity index (χ0n) is 16.1. The summed E-state index contributed by atoms with van der Waals surface area (Å²) < 4.78 is 38.0. The number of nitrogens with one attached hydrogen (secondary N) is 3. The van der Waals surface area contributed by atoms with Crippen molar-refractivity contribution in [2.45, 2.75) is 25.6 Å². The van der Waals surface area contributed by atoms with Crippen LogP contribution < -0.4 is 16.0 Å². The highest BCUT2D eigenvalue weighted by molar-refractivity contribution is 5.79. The summed E-state index contributed by atoms with van der Waals surface area (Å²) in [6.45, 7) is 3.68. The summed E-state index contributed by atoms with van der Waals surface area (Å²) in [6.07, 6.45) is -3.57. The molecule has 0 saturated heterocycles. The van der Waals surface area contributed by atoms with Gasteiger partial charge in [-0.1, -0.05) is 30.3 Å². The maximum Gasteiger partial charge on any atom is 0.433 e. The number of aliphatic hydroxyl groups excluding tert-OH is 1. The Morgan fingerprint density at radius 3 is 2.59 bits per heavy atom. The van der Waals surface area contributed by atoms with Crippen LogP contribution in [0.4, 0.5) is 19.1 Å². The van der Waals surface area contributed by atoms with E-state index >= 15 is 0 Å². The Morgan fingerprint density at radius 2 is 1.90 bits per heavy atom. The van der Waals surface area contributed by atoms with Crippen LogP contribution in [0.2, 0.25) is 0 Å². The Kier molecular flexibility index (Phi) is 8.66. The first-order valence-electron chi connectivity index (χ1n) is 9.29. The quantitative estimate of drug-likeness (QED) is 0.288. The van der Waals surface area contributed by atoms with E-state index in [0.717, 1.165) is 17.8 Å². The Bertz CT molecular complexity index is 770. The van der Waals surface area contributed by atoms with E-state index in [1.165, 1.54) is 0 Å². The molecule has 0 amide bonds. The molecule has 0 aliphatic rings. The van der Waals surface area contributed by atoms with E-state index in [1.54, 1.807) is 0 Å². The van der Waals surface area contributed by atoms with Crippen molar-refractivity contribution in [2.24, 2.45) is 4.99 Å². The highest BCUT2D eigenvalue weighted by Gasteiger charge is 2.32. The van der Waals surface area contributed by atoms with Gasteiger partial charge in [-0.15, -0.1) is 0 Å². The number of nitrogens with zero attached hydrogens (tertiary/aromatic N) is 3. The van der Waals surface area contributed by atoms with E-state index in [0.29, 0.717) is 38.6 Å². The van der Waals surface area contributed by atoms with E-state index in [-0.39, 0.29) is 5.95 Å². The van der Waals surface area contributed by atoms with E-state index in [9.17, 15) is 18.3 Å². The summed E-state index contributed by atoms with van der Waals surface area (Å²) in [5.74, 6) is 0.467. The van der Waals surface area contributed by atoms with Crippen molar-refractivity contribution >= 4 is 11.9 Å². The number of aromatic nitrogens is 2. The zero-order valence-corrected chi connectivity index (χ0v) is 16.1. The maximum absolute atomic E-state index is 12.7. The fourth-order valence-corrected chi connectivity index (χ4v) is 2.44. The standard InChI is InChI=1S/C19H25F3N6O/c1-2-23-17(24-10-8-15(29)14-6-4-3-5-7-14)26-12-13-27-18-25-11-9-16(28-18)19(20,21)22/h3-7,9,11,15,29H,2,8,10,12-13H2,1H3,(H2,23,24,26)(H,25,27,28). The molecule has 1 unspecified atom stereocenters. The molecule has 0 aliphatic carbocycles. The van der Waals surface area contributed by atoms with Crippen LogP contribution in [0.25, 0.3) is 0 Å². The molecule has 2 aromatic rings. The van der Waals surface area contributed by atoms with Gasteiger partial charge < -0.3 is 21.1 Å². The SMILES string of the molecule is CCNC(=NCCC(O)c1ccccc1)NCCNc1nccc(C(F)(F)F)n1. The van der Waals surface area contributed by atoms with Gasteiger partial charge in [-0.05, 0) is 25.0 Å². The molecule has 0 saturated carbocycles. The van der Waals surface area contributed by atoms with Gasteiger partial charge in [-0.3, -0.25) is 4.99 Å². The third-order valence-corrected chi connectivity index (χ3v) is 3.85. The summed E-state index contributed by atoms with van der Waals surface area (Å²) >= 11 is 0. The molecule has 1 aromatic heterocycles. The molecule has 2 rings (SSSR count). The summed E-state index contributed by atoms with van der Waals surface area (Å²) in [4.78, 5) is 11.6. The minimum absolute atomic E-state index is 0.0884. The van der Waals surface area contributed by atoms with Crippen LogP contribution >= 0.6 is 0 Å². The van der Waals surface area contributed by atoms with Crippen molar-refractivity contribution in [2.75, 3.05) is 31.5 Å². The first kappa shape index (κ1) is 22.4. The normalized spacial score (nSPS) is 13.1. The van der Waals surface area contributed by atoms with Crippen molar-refractivity contribution < 1.29 is 18.3 Å². The van der Waals surface area contributed by atoms with Gasteiger partial charge in [0, 0.05) is 32.4 Å². The fourth-order valence-electron chi connectivity index (χ4n) is 2.44. The Balaban J connectivity index is 1.78. The minimum atomic E-state index is -4.51. The molecule has 1 heterocycles. The maximum atomic E-state index is 12.7. The molecule has 29 heavy (non-hydrogen) atoms. The average Bonchev–Trinajstić information content (AvgIpc) is 2.71. The number of anilines is 1. The summed E-state index contributed by atoms with van der Waals surface area (Å²) in [5, 5.41) is 19.1. The monoisotopic (exact) mass is 410 g/mol. The Morgan fingerprint density at radius 1 is 1.14 bits per heavy atom. The molecule has 4 N–H and O–H groups in total. The predicted octanol–water partition coefficient (Wildman–Crippen LogP) is 2.59. The third kappa shape index (κ3) is 7.94. The van der Waals surface area contributed by atoms with Crippen molar-refractivity contribution in [3.63, 3.8) is 0 Å². The van der Waals surface area contributed by atoms with Gasteiger partial charge in [0.2, 0.25) is 5.95 Å². The smallest absolute Gasteiger partial charge is 0.388 e. The van der Waals surface area contributed by atoms with Crippen molar-refractivity contribution in [1.82, 2.24) is 20.6 Å². The largest absolute Gasteiger partial charge is 0.433 e. The van der Waals surface area contributed by atoms with Gasteiger partial charge in [0.25, 0.3) is 0 Å². The van der Waals surface area contributed by atoms with Crippen LogP contribution in [0.15, 0.2) is 47.6 Å². The molecule has 1 atom stereocenters. The van der Waals surface area contributed by atoms with Crippen molar-refractivity contribution in [1.29, 1.82) is 0 Å². The van der Waals surface area contributed by atoms with E-state index in [4.69, 9.17) is 0 Å². The van der Waals surface area contributed by atoms with Crippen LogP contribution in [0.3, 0.4) is 0 Å². The highest BCUT2D eigenvalue weighted by Crippen LogP contribution is 2.27. The number of alkyl halides is 3. The number of hydrogen-bond donors (Lipinski definition) is 4. The van der Waals surface area contributed by atoms with Gasteiger partial charge in [0.15, 0.2) is 5.96 Å². The summed E-state index contributed by atoms with van der Waals surface area (Å²) in [6, 6.07) is 10.2. The first-order valence-corrected chi connectivity index (χ1v) is 9.29. The number of aliphatic hydroxyl groups is 1. The molecule has 10 heteroatoms. The molecule has 0 fully saturated rings. The second-order valence-electron chi connectivity index (χ2n) is 6.09. The lowest BCUT2D eigenvalue weighted by molar-refractivity contribution is -0.141. The molecule has 7 nitrogen and oxygen atoms in total. The van der Waals surface area contributed by atoms with Gasteiger partial charge >= 0.3 is 6.18 Å². The molecule has 158 valence electrons. The van der Waals surface area contributed by atoms with Gasteiger partial charge in [-0.2, -0.15) is 13.2 Å². The van der Waals surface area contributed by atoms with Crippen LogP contribution in [0.1, 0.15) is 30.7 Å². The van der Waals surface area contributed by atoms with Crippen LogP contribution in [-0.4, -0.2) is 47.2 Å². The third-order valence-electron chi connectivity index (χ3n) is 3.85. The Hall–Kier alpha value is -2.88. The van der Waals surface area contributed by atoms with E-state index in [1.807, 2.05) is 37.3 Å². The van der Waals surface area contributed by atoms with E-state index < -0.39 is 18.0 Å². The van der Waals surface area contributed by atoms with Crippen molar-refractivity contribution in [3.05, 3.63) is 53.9 Å². The molecule has 0 spiro atoms. The fraction of sp³-hybridized carbons (Fsp3) is 0.421. The highest BCUT2D eigenvalue weighted by atomic mass is 19.4. The molecule has 0 aliphatic heterocycles. The number of hydrogen-bond acceptors (Lipinski definition) is 5. The van der Waals surface area contributed by atoms with Crippen LogP contribution in [-0.2, 0) is 6.18 Å². The van der Waals surface area contributed by atoms with Crippen LogP contribution in [0.5, 0.6) is 0 Å². The lowest BCUT2D eigenvalue weighted by Crippen LogP contribution is -2.39. The number of benzene rings is 1. The Labute approximate surface area is 167 Å². The lowest BCUT2D eigenvalue weighted by Gasteiger charge is -2.13. The molecular weight excluding hydrogens is 385 g/mol. The van der Waals surface area contributed by atoms with Crippen LogP contribution in [0, 0.1) is 0 Å². The van der Waals surface area contributed by atoms with Gasteiger partial charge in [0.1, 0.15) is 5.69 Å². The topological polar surface area (TPSA) is 94.5 Å². The minimum Gasteiger partial charge on any atom is -0.388 e. The molecule has 1 aromatic carbocycles. The molecular formula is C19H25F3N6O. The number of halogens is 3. The zero-order chi connectivity index (χ0) is 21.1. The van der Waals surface area contributed by atoms with Gasteiger partial charge in [-0.25, -0.2) is 9.97 Å². The van der Waals surface area contributed by atoms with Crippen molar-refractivity contribution in [3.8, 4) is 0 Å². The predicted molar refractivity (Wildman–Crippen MR) is 106 cm³/mol. The summed E-state index contributed by atoms with van der Waals surface area (Å²) in [7, 11) is 0. The lowest BCUT2D eigenvalue weighted by atomic mass is 10.1. The first-order chi connectivity index (χ1) is 13.9. The number of aliphatic imine (C=N–C) groups is 1. The number of guanidine groups is 1. The molecule has 0 bridgehead atoms. The molecule has 0 radical (unpaired) electrons. The second-order valence-corrected chi connectivity index (χ2v) is 6.09.